The number of halogens is 1. The zero-order valence-corrected chi connectivity index (χ0v) is 9.90. The first kappa shape index (κ1) is 12.3. The highest BCUT2D eigenvalue weighted by molar-refractivity contribution is 5.14. The van der Waals surface area contributed by atoms with Gasteiger partial charge in [-0.05, 0) is 25.8 Å². The molecule has 2 rings (SSSR count). The number of β-amino-alcohol motifs (C(OH)–C–C–N with tert-alkyl or cyclic N) is 1. The second-order valence-corrected chi connectivity index (χ2v) is 5.22. The minimum absolute atomic E-state index is 0.136. The molecule has 1 aliphatic carbocycles. The van der Waals surface area contributed by atoms with Gasteiger partial charge in [0.15, 0.2) is 0 Å². The zero-order valence-electron chi connectivity index (χ0n) is 9.90. The molecule has 0 aromatic rings. The van der Waals surface area contributed by atoms with Gasteiger partial charge in [0.25, 0.3) is 0 Å². The van der Waals surface area contributed by atoms with Crippen molar-refractivity contribution in [3.63, 3.8) is 0 Å². The van der Waals surface area contributed by atoms with Gasteiger partial charge in [-0.25, -0.2) is 0 Å². The predicted octanol–water partition coefficient (Wildman–Crippen LogP) is 0.942. The van der Waals surface area contributed by atoms with Crippen LogP contribution in [0.4, 0.5) is 4.39 Å². The first-order chi connectivity index (χ1) is 7.65. The predicted molar refractivity (Wildman–Crippen MR) is 59.9 cm³/mol. The van der Waals surface area contributed by atoms with E-state index in [1.54, 1.807) is 0 Å². The van der Waals surface area contributed by atoms with Crippen LogP contribution in [-0.4, -0.2) is 52.6 Å². The summed E-state index contributed by atoms with van der Waals surface area (Å²) < 4.78 is 13.0. The molecule has 0 bridgehead atoms. The highest BCUT2D eigenvalue weighted by Gasteiger charge is 2.59. The Balaban J connectivity index is 2.08. The van der Waals surface area contributed by atoms with Crippen LogP contribution >= 0.6 is 0 Å². The molecule has 4 heteroatoms. The number of hydrogen-bond donors (Lipinski definition) is 2. The molecule has 0 radical (unpaired) electrons. The van der Waals surface area contributed by atoms with E-state index >= 15 is 0 Å². The van der Waals surface area contributed by atoms with Crippen molar-refractivity contribution < 1.29 is 14.6 Å². The molecule has 1 saturated carbocycles. The van der Waals surface area contributed by atoms with Gasteiger partial charge in [-0.1, -0.05) is 13.3 Å². The Hall–Kier alpha value is -0.190. The van der Waals surface area contributed by atoms with Gasteiger partial charge in [0.05, 0.1) is 18.9 Å². The van der Waals surface area contributed by atoms with E-state index in [0.29, 0.717) is 6.54 Å². The van der Waals surface area contributed by atoms with E-state index in [0.717, 1.165) is 32.2 Å². The van der Waals surface area contributed by atoms with E-state index in [-0.39, 0.29) is 5.54 Å². The van der Waals surface area contributed by atoms with Crippen LogP contribution in [0.1, 0.15) is 32.6 Å². The molecule has 0 aromatic heterocycles. The summed E-state index contributed by atoms with van der Waals surface area (Å²) in [6.07, 6.45) is 2.44. The third kappa shape index (κ3) is 1.87. The number of nitrogens with zero attached hydrogens (tertiary/aromatic N) is 1. The molecule has 1 spiro atoms. The van der Waals surface area contributed by atoms with Crippen LogP contribution in [0.3, 0.4) is 0 Å². The molecule has 3 atom stereocenters. The minimum atomic E-state index is -0.884. The van der Waals surface area contributed by atoms with Crippen molar-refractivity contribution in [1.29, 1.82) is 0 Å². The molecular weight excluding hydrogens is 209 g/mol. The molecular formula is C12H22FNO2. The number of aliphatic hydroxyl groups is 2. The van der Waals surface area contributed by atoms with Gasteiger partial charge in [-0.15, -0.1) is 0 Å². The topological polar surface area (TPSA) is 43.7 Å². The Labute approximate surface area is 96.3 Å². The Morgan fingerprint density at radius 2 is 2.06 bits per heavy atom. The fourth-order valence-corrected chi connectivity index (χ4v) is 3.05. The molecule has 2 aliphatic rings. The maximum Gasteiger partial charge on any atom is 0.0966 e. The first-order valence-electron chi connectivity index (χ1n) is 6.33. The van der Waals surface area contributed by atoms with Crippen LogP contribution in [0.5, 0.6) is 0 Å². The number of unbranched alkanes of at least 4 members (excludes halogenated alkanes) is 1. The van der Waals surface area contributed by atoms with Crippen molar-refractivity contribution in [2.24, 2.45) is 5.92 Å². The van der Waals surface area contributed by atoms with Gasteiger partial charge in [0, 0.05) is 18.0 Å². The molecule has 0 amide bonds. The lowest BCUT2D eigenvalue weighted by atomic mass is 9.83. The van der Waals surface area contributed by atoms with Gasteiger partial charge in [-0.3, -0.25) is 9.29 Å². The molecule has 94 valence electrons. The Morgan fingerprint density at radius 1 is 1.38 bits per heavy atom. The second kappa shape index (κ2) is 4.59. The van der Waals surface area contributed by atoms with Crippen LogP contribution in [0, 0.1) is 5.92 Å². The third-order valence-electron chi connectivity index (χ3n) is 4.24. The second-order valence-electron chi connectivity index (χ2n) is 5.22. The fourth-order valence-electron chi connectivity index (χ4n) is 3.05. The lowest BCUT2D eigenvalue weighted by Crippen LogP contribution is -2.60. The molecule has 0 unspecified atom stereocenters. The van der Waals surface area contributed by atoms with E-state index in [2.05, 4.69) is 11.8 Å². The van der Waals surface area contributed by atoms with Crippen molar-refractivity contribution in [1.82, 2.24) is 4.90 Å². The van der Waals surface area contributed by atoms with Crippen molar-refractivity contribution in [3.05, 3.63) is 0 Å². The highest BCUT2D eigenvalue weighted by Crippen LogP contribution is 2.52. The molecule has 0 aromatic carbocycles. The van der Waals surface area contributed by atoms with Crippen molar-refractivity contribution in [2.75, 3.05) is 19.8 Å². The van der Waals surface area contributed by atoms with Crippen LogP contribution in [-0.2, 0) is 0 Å². The fraction of sp³-hybridized carbons (Fsp3) is 1.00. The van der Waals surface area contributed by atoms with Gasteiger partial charge in [0.2, 0.25) is 0 Å². The van der Waals surface area contributed by atoms with Crippen LogP contribution in [0.2, 0.25) is 0 Å². The molecule has 3 nitrogen and oxygen atoms in total. The molecule has 1 heterocycles. The maximum absolute atomic E-state index is 13.0. The standard InChI is InChI=1S/C12H22FNO2/c1-2-3-6-14-8-10(15)11(16)9(7-13)12(14)4-5-12/h9-11,15-16H,2-8H2,1H3/t9-,10-,11-/m1/s1. The number of likely N-dealkylation sites (tertiary alicyclic amines) is 1. The first-order valence-corrected chi connectivity index (χ1v) is 6.33. The van der Waals surface area contributed by atoms with E-state index in [9.17, 15) is 14.6 Å². The zero-order chi connectivity index (χ0) is 11.8. The van der Waals surface area contributed by atoms with E-state index in [1.165, 1.54) is 0 Å². The highest BCUT2D eigenvalue weighted by atomic mass is 19.1. The van der Waals surface area contributed by atoms with Gasteiger partial charge >= 0.3 is 0 Å². The number of alkyl halides is 1. The monoisotopic (exact) mass is 231 g/mol. The molecule has 2 fully saturated rings. The largest absolute Gasteiger partial charge is 0.390 e. The van der Waals surface area contributed by atoms with Crippen molar-refractivity contribution >= 4 is 0 Å². The van der Waals surface area contributed by atoms with Crippen molar-refractivity contribution in [2.45, 2.75) is 50.4 Å². The Bertz CT molecular complexity index is 245. The molecule has 1 aliphatic heterocycles. The van der Waals surface area contributed by atoms with Gasteiger partial charge in [0.1, 0.15) is 0 Å². The number of hydrogen-bond acceptors (Lipinski definition) is 3. The van der Waals surface area contributed by atoms with Crippen LogP contribution in [0.25, 0.3) is 0 Å². The summed E-state index contributed by atoms with van der Waals surface area (Å²) in [6, 6.07) is 0. The van der Waals surface area contributed by atoms with Gasteiger partial charge in [-0.2, -0.15) is 0 Å². The number of rotatable bonds is 4. The summed E-state index contributed by atoms with van der Waals surface area (Å²) in [5.41, 5.74) is -0.136. The quantitative estimate of drug-likeness (QED) is 0.757. The lowest BCUT2D eigenvalue weighted by Gasteiger charge is -2.46. The summed E-state index contributed by atoms with van der Waals surface area (Å²) in [5, 5.41) is 19.6. The Kier molecular flexibility index (Phi) is 3.52. The SMILES string of the molecule is CCCCN1C[C@@H](O)[C@H](O)[C@@H](CF)C12CC2. The lowest BCUT2D eigenvalue weighted by molar-refractivity contribution is -0.115. The van der Waals surface area contributed by atoms with Crippen LogP contribution < -0.4 is 0 Å². The van der Waals surface area contributed by atoms with Gasteiger partial charge < -0.3 is 10.2 Å². The van der Waals surface area contributed by atoms with E-state index in [4.69, 9.17) is 0 Å². The minimum Gasteiger partial charge on any atom is -0.390 e. The average Bonchev–Trinajstić information content (AvgIpc) is 3.04. The average molecular weight is 231 g/mol. The number of aliphatic hydroxyl groups excluding tert-OH is 2. The summed E-state index contributed by atoms with van der Waals surface area (Å²) in [7, 11) is 0. The maximum atomic E-state index is 13.0. The third-order valence-corrected chi connectivity index (χ3v) is 4.24. The summed E-state index contributed by atoms with van der Waals surface area (Å²) in [4.78, 5) is 2.21. The molecule has 2 N–H and O–H groups in total. The summed E-state index contributed by atoms with van der Waals surface area (Å²) in [6.45, 7) is 3.01. The number of piperidine rings is 1. The summed E-state index contributed by atoms with van der Waals surface area (Å²) >= 11 is 0. The Morgan fingerprint density at radius 3 is 2.56 bits per heavy atom. The normalized spacial score (nSPS) is 37.9. The molecule has 1 saturated heterocycles. The smallest absolute Gasteiger partial charge is 0.0966 e. The van der Waals surface area contributed by atoms with Crippen LogP contribution in [0.15, 0.2) is 0 Å². The van der Waals surface area contributed by atoms with E-state index in [1.807, 2.05) is 0 Å². The summed E-state index contributed by atoms with van der Waals surface area (Å²) in [5.74, 6) is -0.395. The van der Waals surface area contributed by atoms with E-state index < -0.39 is 24.8 Å². The van der Waals surface area contributed by atoms with Crippen molar-refractivity contribution in [3.8, 4) is 0 Å². The molecule has 16 heavy (non-hydrogen) atoms.